The topological polar surface area (TPSA) is 105 Å². The Morgan fingerprint density at radius 2 is 1.57 bits per heavy atom. The van der Waals surface area contributed by atoms with E-state index in [9.17, 15) is 19.5 Å². The van der Waals surface area contributed by atoms with Crippen molar-refractivity contribution in [1.82, 2.24) is 10.6 Å². The van der Waals surface area contributed by atoms with Crippen LogP contribution < -0.4 is 10.6 Å². The summed E-state index contributed by atoms with van der Waals surface area (Å²) in [6, 6.07) is 16.0. The van der Waals surface area contributed by atoms with Gasteiger partial charge in [0.15, 0.2) is 0 Å². The number of benzene rings is 2. The molecule has 35 heavy (non-hydrogen) atoms. The highest BCUT2D eigenvalue weighted by molar-refractivity contribution is 5.81. The van der Waals surface area contributed by atoms with Gasteiger partial charge in [-0.25, -0.2) is 4.79 Å². The number of hydrogen-bond donors (Lipinski definition) is 3. The second kappa shape index (κ2) is 9.72. The monoisotopic (exact) mass is 476 g/mol. The molecule has 2 saturated carbocycles. The summed E-state index contributed by atoms with van der Waals surface area (Å²) in [4.78, 5) is 36.8. The molecule has 0 aromatic heterocycles. The third-order valence-corrected chi connectivity index (χ3v) is 7.77. The van der Waals surface area contributed by atoms with E-state index >= 15 is 0 Å². The molecule has 3 aliphatic rings. The molecule has 2 aromatic rings. The largest absolute Gasteiger partial charge is 0.481 e. The van der Waals surface area contributed by atoms with Crippen molar-refractivity contribution in [3.63, 3.8) is 0 Å². The van der Waals surface area contributed by atoms with E-state index in [1.807, 2.05) is 24.3 Å². The van der Waals surface area contributed by atoms with Crippen molar-refractivity contribution in [1.29, 1.82) is 0 Å². The van der Waals surface area contributed by atoms with Gasteiger partial charge in [-0.2, -0.15) is 0 Å². The first-order chi connectivity index (χ1) is 16.9. The fourth-order valence-corrected chi connectivity index (χ4v) is 5.80. The second-order valence-electron chi connectivity index (χ2n) is 10.2. The van der Waals surface area contributed by atoms with Crippen molar-refractivity contribution < 1.29 is 24.2 Å². The number of fused-ring (bicyclic) bond motifs is 3. The van der Waals surface area contributed by atoms with E-state index in [4.69, 9.17) is 4.74 Å². The number of rotatable bonds is 9. The van der Waals surface area contributed by atoms with Gasteiger partial charge in [0, 0.05) is 18.4 Å². The second-order valence-corrected chi connectivity index (χ2v) is 10.2. The Balaban J connectivity index is 1.16. The lowest BCUT2D eigenvalue weighted by Crippen LogP contribution is -2.46. The van der Waals surface area contributed by atoms with Crippen LogP contribution in [0.2, 0.25) is 0 Å². The van der Waals surface area contributed by atoms with E-state index < -0.39 is 17.6 Å². The van der Waals surface area contributed by atoms with E-state index in [0.717, 1.165) is 36.8 Å². The Hall–Kier alpha value is -3.35. The van der Waals surface area contributed by atoms with Crippen LogP contribution in [0.1, 0.15) is 68.4 Å². The predicted octanol–water partition coefficient (Wildman–Crippen LogP) is 4.60. The number of alkyl carbamates (subject to hydrolysis) is 1. The number of carbonyl (C=O) groups excluding carboxylic acids is 2. The molecule has 1 unspecified atom stereocenters. The zero-order valence-electron chi connectivity index (χ0n) is 19.8. The van der Waals surface area contributed by atoms with Crippen molar-refractivity contribution in [2.45, 2.75) is 68.9 Å². The van der Waals surface area contributed by atoms with Gasteiger partial charge >= 0.3 is 12.1 Å². The first kappa shape index (κ1) is 23.4. The third-order valence-electron chi connectivity index (χ3n) is 7.77. The average molecular weight is 477 g/mol. The van der Waals surface area contributed by atoms with Crippen molar-refractivity contribution in [2.75, 3.05) is 6.61 Å². The van der Waals surface area contributed by atoms with E-state index in [1.54, 1.807) is 0 Å². The minimum Gasteiger partial charge on any atom is -0.481 e. The molecule has 2 fully saturated rings. The molecule has 7 heteroatoms. The molecule has 5 rings (SSSR count). The van der Waals surface area contributed by atoms with Gasteiger partial charge in [-0.05, 0) is 53.9 Å². The van der Waals surface area contributed by atoms with Gasteiger partial charge in [0.25, 0.3) is 0 Å². The van der Waals surface area contributed by atoms with Crippen LogP contribution in [0, 0.1) is 5.92 Å². The summed E-state index contributed by atoms with van der Waals surface area (Å²) in [6.07, 6.45) is 5.00. The Morgan fingerprint density at radius 1 is 0.971 bits per heavy atom. The highest BCUT2D eigenvalue weighted by Crippen LogP contribution is 2.45. The maximum atomic E-state index is 12.8. The summed E-state index contributed by atoms with van der Waals surface area (Å²) in [5.41, 5.74) is 4.05. The number of carboxylic acid groups (broad SMARTS) is 1. The van der Waals surface area contributed by atoms with E-state index in [0.29, 0.717) is 12.8 Å². The van der Waals surface area contributed by atoms with Crippen LogP contribution >= 0.6 is 0 Å². The number of aliphatic carboxylic acids is 1. The van der Waals surface area contributed by atoms with Crippen LogP contribution in [0.5, 0.6) is 0 Å². The number of carbonyl (C=O) groups is 3. The van der Waals surface area contributed by atoms with Crippen molar-refractivity contribution >= 4 is 18.0 Å². The molecule has 0 radical (unpaired) electrons. The Labute approximate surface area is 205 Å². The minimum atomic E-state index is -0.903. The SMILES string of the molecule is O=C(O)CC(NC(=O)CC1(NC(=O)OCC2c3ccccc3-c3ccccc32)CC1)C1CCCC1. The van der Waals surface area contributed by atoms with Gasteiger partial charge in [-0.15, -0.1) is 0 Å². The lowest BCUT2D eigenvalue weighted by molar-refractivity contribution is -0.138. The van der Waals surface area contributed by atoms with Gasteiger partial charge in [0.2, 0.25) is 5.91 Å². The van der Waals surface area contributed by atoms with Crippen molar-refractivity contribution in [3.8, 4) is 11.1 Å². The van der Waals surface area contributed by atoms with E-state index in [1.165, 1.54) is 11.1 Å². The van der Waals surface area contributed by atoms with Crippen molar-refractivity contribution in [2.24, 2.45) is 5.92 Å². The lowest BCUT2D eigenvalue weighted by atomic mass is 9.95. The van der Waals surface area contributed by atoms with Gasteiger partial charge < -0.3 is 20.5 Å². The molecular formula is C28H32N2O5. The molecular weight excluding hydrogens is 444 g/mol. The Morgan fingerprint density at radius 3 is 2.14 bits per heavy atom. The maximum Gasteiger partial charge on any atom is 0.407 e. The third kappa shape index (κ3) is 5.19. The number of ether oxygens (including phenoxy) is 1. The molecule has 0 heterocycles. The van der Waals surface area contributed by atoms with Crippen LogP contribution in [-0.4, -0.2) is 41.3 Å². The summed E-state index contributed by atoms with van der Waals surface area (Å²) >= 11 is 0. The molecule has 0 saturated heterocycles. The lowest BCUT2D eigenvalue weighted by Gasteiger charge is -2.25. The van der Waals surface area contributed by atoms with Gasteiger partial charge in [0.1, 0.15) is 6.61 Å². The molecule has 2 aromatic carbocycles. The van der Waals surface area contributed by atoms with E-state index in [2.05, 4.69) is 34.9 Å². The van der Waals surface area contributed by atoms with Gasteiger partial charge in [-0.1, -0.05) is 61.4 Å². The van der Waals surface area contributed by atoms with E-state index in [-0.39, 0.29) is 43.2 Å². The number of carboxylic acids is 1. The predicted molar refractivity (Wildman–Crippen MR) is 131 cm³/mol. The van der Waals surface area contributed by atoms with Crippen LogP contribution in [0.25, 0.3) is 11.1 Å². The van der Waals surface area contributed by atoms with Gasteiger partial charge in [-0.3, -0.25) is 9.59 Å². The highest BCUT2D eigenvalue weighted by atomic mass is 16.5. The van der Waals surface area contributed by atoms with Crippen molar-refractivity contribution in [3.05, 3.63) is 59.7 Å². The molecule has 184 valence electrons. The molecule has 1 atom stereocenters. The quantitative estimate of drug-likeness (QED) is 0.491. The smallest absolute Gasteiger partial charge is 0.407 e. The van der Waals surface area contributed by atoms with Crippen LogP contribution in [0.4, 0.5) is 4.79 Å². The normalized spacial score (nSPS) is 18.9. The fourth-order valence-electron chi connectivity index (χ4n) is 5.80. The number of amides is 2. The van der Waals surface area contributed by atoms with Gasteiger partial charge in [0.05, 0.1) is 12.0 Å². The molecule has 3 N–H and O–H groups in total. The average Bonchev–Trinajstić information content (AvgIpc) is 3.24. The summed E-state index contributed by atoms with van der Waals surface area (Å²) < 4.78 is 5.65. The summed E-state index contributed by atoms with van der Waals surface area (Å²) in [7, 11) is 0. The molecule has 0 aliphatic heterocycles. The van der Waals surface area contributed by atoms with Crippen LogP contribution in [-0.2, 0) is 14.3 Å². The summed E-state index contributed by atoms with van der Waals surface area (Å²) in [5, 5.41) is 15.1. The zero-order valence-corrected chi connectivity index (χ0v) is 19.8. The molecule has 0 spiro atoms. The highest BCUT2D eigenvalue weighted by Gasteiger charge is 2.47. The molecule has 2 amide bonds. The first-order valence-corrected chi connectivity index (χ1v) is 12.6. The number of hydrogen-bond acceptors (Lipinski definition) is 4. The Kier molecular flexibility index (Phi) is 6.50. The first-order valence-electron chi connectivity index (χ1n) is 12.6. The fraction of sp³-hybridized carbons (Fsp3) is 0.464. The summed E-state index contributed by atoms with van der Waals surface area (Å²) in [6.45, 7) is 0.227. The summed E-state index contributed by atoms with van der Waals surface area (Å²) in [5.74, 6) is -0.921. The number of nitrogens with one attached hydrogen (secondary N) is 2. The van der Waals surface area contributed by atoms with Crippen LogP contribution in [0.3, 0.4) is 0 Å². The molecule has 3 aliphatic carbocycles. The standard InChI is InChI=1S/C28H32N2O5/c31-25(29-24(15-26(32)33)18-7-1-2-8-18)16-28(13-14-28)30-27(34)35-17-23-21-11-5-3-9-19(21)20-10-4-6-12-22(20)23/h3-6,9-12,18,23-24H,1-2,7-8,13-17H2,(H,29,31)(H,30,34)(H,32,33). The molecule has 7 nitrogen and oxygen atoms in total. The minimum absolute atomic E-state index is 0.0187. The Bertz CT molecular complexity index is 1070. The zero-order chi connectivity index (χ0) is 24.4. The van der Waals surface area contributed by atoms with Crippen LogP contribution in [0.15, 0.2) is 48.5 Å². The maximum absolute atomic E-state index is 12.8. The molecule has 0 bridgehead atoms.